The van der Waals surface area contributed by atoms with E-state index in [1.54, 1.807) is 0 Å². The van der Waals surface area contributed by atoms with Crippen LogP contribution in [0.4, 0.5) is 17.1 Å². The molecule has 5 aromatic carbocycles. The second kappa shape index (κ2) is 10.5. The van der Waals surface area contributed by atoms with Crippen molar-refractivity contribution in [2.75, 3.05) is 4.90 Å². The molecule has 0 atom stereocenters. The first-order chi connectivity index (χ1) is 21.3. The molecule has 0 fully saturated rings. The first kappa shape index (κ1) is 29.7. The lowest BCUT2D eigenvalue weighted by molar-refractivity contribution is 0.332. The van der Waals surface area contributed by atoms with Crippen LogP contribution >= 0.6 is 11.6 Å². The van der Waals surface area contributed by atoms with Crippen LogP contribution in [-0.4, -0.2) is 0 Å². The number of nitrogens with zero attached hydrogens (tertiary/aromatic N) is 1. The Balaban J connectivity index is 1.58. The molecule has 0 radical (unpaired) electrons. The van der Waals surface area contributed by atoms with E-state index in [-0.39, 0.29) is 16.2 Å². The normalized spacial score (nSPS) is 15.7. The zero-order valence-corrected chi connectivity index (χ0v) is 28.2. The molecule has 0 N–H and O–H groups in total. The van der Waals surface area contributed by atoms with Gasteiger partial charge in [-0.3, -0.25) is 0 Å². The third kappa shape index (κ3) is 5.14. The van der Waals surface area contributed by atoms with Crippen LogP contribution in [0.25, 0.3) is 32.9 Å². The van der Waals surface area contributed by atoms with Crippen molar-refractivity contribution >= 4 is 50.4 Å². The number of hydrogen-bond donors (Lipinski definition) is 0. The molecule has 0 bridgehead atoms. The molecule has 1 aromatic heterocycles. The molecule has 0 saturated heterocycles. The highest BCUT2D eigenvalue weighted by atomic mass is 35.5. The Morgan fingerprint density at radius 2 is 1.33 bits per heavy atom. The van der Waals surface area contributed by atoms with Gasteiger partial charge in [-0.1, -0.05) is 121 Å². The lowest BCUT2D eigenvalue weighted by Crippen LogP contribution is -2.33. The number of halogens is 1. The molecule has 228 valence electrons. The third-order valence-electron chi connectivity index (χ3n) is 10.0. The Morgan fingerprint density at radius 1 is 0.667 bits per heavy atom. The number of rotatable bonds is 4. The van der Waals surface area contributed by atoms with Gasteiger partial charge >= 0.3 is 0 Å². The second-order valence-corrected chi connectivity index (χ2v) is 15.5. The fraction of sp³-hybridized carbons (Fsp3) is 0.286. The van der Waals surface area contributed by atoms with E-state index >= 15 is 0 Å². The molecule has 3 heteroatoms. The Labute approximate surface area is 272 Å². The van der Waals surface area contributed by atoms with Gasteiger partial charge in [-0.15, -0.1) is 0 Å². The van der Waals surface area contributed by atoms with Crippen LogP contribution in [0.2, 0.25) is 5.02 Å². The van der Waals surface area contributed by atoms with Gasteiger partial charge in [-0.2, -0.15) is 0 Å². The summed E-state index contributed by atoms with van der Waals surface area (Å²) in [5, 5.41) is 4.05. The maximum absolute atomic E-state index is 6.89. The number of benzene rings is 5. The van der Waals surface area contributed by atoms with Crippen molar-refractivity contribution in [3.8, 4) is 11.1 Å². The molecule has 7 rings (SSSR count). The van der Waals surface area contributed by atoms with Crippen LogP contribution in [0.1, 0.15) is 78.0 Å². The van der Waals surface area contributed by atoms with Crippen molar-refractivity contribution < 1.29 is 4.42 Å². The van der Waals surface area contributed by atoms with Crippen molar-refractivity contribution in [3.63, 3.8) is 0 Å². The van der Waals surface area contributed by atoms with Crippen LogP contribution in [0.15, 0.2) is 108 Å². The van der Waals surface area contributed by atoms with Crippen LogP contribution in [0.5, 0.6) is 0 Å². The number of furan rings is 1. The van der Waals surface area contributed by atoms with E-state index in [4.69, 9.17) is 16.0 Å². The summed E-state index contributed by atoms with van der Waals surface area (Å²) < 4.78 is 6.49. The van der Waals surface area contributed by atoms with Crippen molar-refractivity contribution in [1.29, 1.82) is 0 Å². The van der Waals surface area contributed by atoms with Gasteiger partial charge in [0.05, 0.1) is 17.1 Å². The number of fused-ring (bicyclic) bond motifs is 3. The van der Waals surface area contributed by atoms with Gasteiger partial charge < -0.3 is 9.32 Å². The van der Waals surface area contributed by atoms with Crippen LogP contribution in [-0.2, 0) is 16.2 Å². The summed E-state index contributed by atoms with van der Waals surface area (Å²) in [6, 6.07) is 35.0. The average Bonchev–Trinajstić information content (AvgIpc) is 3.42. The fourth-order valence-electron chi connectivity index (χ4n) is 7.12. The molecule has 2 nitrogen and oxygen atoms in total. The van der Waals surface area contributed by atoms with E-state index in [1.807, 2.05) is 12.3 Å². The Hall–Kier alpha value is -4.01. The lowest BCUT2D eigenvalue weighted by Gasteiger charge is -2.41. The Bertz CT molecular complexity index is 2060. The molecule has 6 aromatic rings. The second-order valence-electron chi connectivity index (χ2n) is 15.1. The SMILES string of the molecule is CC(C)(C)c1ccc(N(c2cc(Cl)cc3ccccc23)c2coc3cc4c(cc23)C(C)(C)CCC4(C)C)c(-c2ccccc2)c1. The van der Waals surface area contributed by atoms with Crippen molar-refractivity contribution in [2.45, 2.75) is 77.6 Å². The quantitative estimate of drug-likeness (QED) is 0.197. The molecule has 1 aliphatic rings. The molecule has 45 heavy (non-hydrogen) atoms. The predicted molar refractivity (Wildman–Crippen MR) is 193 cm³/mol. The highest BCUT2D eigenvalue weighted by molar-refractivity contribution is 6.32. The molecule has 1 heterocycles. The average molecular weight is 612 g/mol. The zero-order valence-electron chi connectivity index (χ0n) is 27.5. The van der Waals surface area contributed by atoms with E-state index in [0.717, 1.165) is 51.6 Å². The molecule has 1 aliphatic carbocycles. The topological polar surface area (TPSA) is 16.4 Å². The molecule has 0 unspecified atom stereocenters. The lowest BCUT2D eigenvalue weighted by atomic mass is 9.63. The summed E-state index contributed by atoms with van der Waals surface area (Å²) in [5.41, 5.74) is 10.6. The molecular weight excluding hydrogens is 570 g/mol. The highest BCUT2D eigenvalue weighted by Crippen LogP contribution is 2.51. The van der Waals surface area contributed by atoms with Gasteiger partial charge in [-0.05, 0) is 93.1 Å². The maximum atomic E-state index is 6.89. The van der Waals surface area contributed by atoms with E-state index in [9.17, 15) is 0 Å². The summed E-state index contributed by atoms with van der Waals surface area (Å²) in [4.78, 5) is 2.38. The monoisotopic (exact) mass is 611 g/mol. The largest absolute Gasteiger partial charge is 0.462 e. The van der Waals surface area contributed by atoms with Crippen LogP contribution < -0.4 is 4.90 Å². The van der Waals surface area contributed by atoms with Crippen molar-refractivity contribution in [2.24, 2.45) is 0 Å². The summed E-state index contributed by atoms with van der Waals surface area (Å²) in [6.45, 7) is 16.3. The number of anilines is 3. The van der Waals surface area contributed by atoms with E-state index in [0.29, 0.717) is 5.02 Å². The van der Waals surface area contributed by atoms with E-state index in [2.05, 4.69) is 144 Å². The summed E-state index contributed by atoms with van der Waals surface area (Å²) in [5.74, 6) is 0. The molecule has 0 amide bonds. The maximum Gasteiger partial charge on any atom is 0.136 e. The standard InChI is InChI=1S/C42H42ClNO/c1-40(2,3)29-17-18-36(32(22-29)27-13-9-8-10-14-27)44(37-23-30(43)21-28-15-11-12-16-31(28)37)38-26-45-39-25-35-34(24-33(38)39)41(4,5)19-20-42(35,6)7/h8-18,21-26H,19-20H2,1-7H3. The molecule has 0 saturated carbocycles. The van der Waals surface area contributed by atoms with Crippen LogP contribution in [0.3, 0.4) is 0 Å². The van der Waals surface area contributed by atoms with Gasteiger partial charge in [0.1, 0.15) is 11.8 Å². The third-order valence-corrected chi connectivity index (χ3v) is 10.2. The minimum atomic E-state index is -0.00454. The van der Waals surface area contributed by atoms with Gasteiger partial charge in [0.15, 0.2) is 0 Å². The molecular formula is C42H42ClNO. The van der Waals surface area contributed by atoms with Gasteiger partial charge in [0.25, 0.3) is 0 Å². The smallest absolute Gasteiger partial charge is 0.136 e. The first-order valence-corrected chi connectivity index (χ1v) is 16.5. The van der Waals surface area contributed by atoms with Crippen LogP contribution in [0, 0.1) is 0 Å². The minimum Gasteiger partial charge on any atom is -0.462 e. The first-order valence-electron chi connectivity index (χ1n) is 16.1. The van der Waals surface area contributed by atoms with Crippen molar-refractivity contribution in [1.82, 2.24) is 0 Å². The zero-order chi connectivity index (χ0) is 31.7. The van der Waals surface area contributed by atoms with Crippen molar-refractivity contribution in [3.05, 3.63) is 125 Å². The van der Waals surface area contributed by atoms with E-state index < -0.39 is 0 Å². The fourth-order valence-corrected chi connectivity index (χ4v) is 7.34. The summed E-state index contributed by atoms with van der Waals surface area (Å²) >= 11 is 6.89. The highest BCUT2D eigenvalue weighted by Gasteiger charge is 2.38. The predicted octanol–water partition coefficient (Wildman–Crippen LogP) is 13.0. The van der Waals surface area contributed by atoms with E-state index in [1.165, 1.54) is 27.8 Å². The Kier molecular flexibility index (Phi) is 6.95. The van der Waals surface area contributed by atoms with Gasteiger partial charge in [0.2, 0.25) is 0 Å². The Morgan fingerprint density at radius 3 is 2.04 bits per heavy atom. The summed E-state index contributed by atoms with van der Waals surface area (Å²) in [6.07, 6.45) is 4.26. The molecule has 0 aliphatic heterocycles. The van der Waals surface area contributed by atoms with Gasteiger partial charge in [0, 0.05) is 21.4 Å². The number of hydrogen-bond acceptors (Lipinski definition) is 2. The summed E-state index contributed by atoms with van der Waals surface area (Å²) in [7, 11) is 0. The molecule has 0 spiro atoms. The minimum absolute atomic E-state index is 0.00454. The van der Waals surface area contributed by atoms with Gasteiger partial charge in [-0.25, -0.2) is 0 Å².